The van der Waals surface area contributed by atoms with Gasteiger partial charge in [-0.15, -0.1) is 0 Å². The predicted octanol–water partition coefficient (Wildman–Crippen LogP) is 2.12. The van der Waals surface area contributed by atoms with Crippen molar-refractivity contribution >= 4 is 17.7 Å². The summed E-state index contributed by atoms with van der Waals surface area (Å²) in [5.74, 6) is -0.594. The molecule has 0 saturated heterocycles. The third-order valence-electron chi connectivity index (χ3n) is 4.18. The summed E-state index contributed by atoms with van der Waals surface area (Å²) in [7, 11) is 0. The van der Waals surface area contributed by atoms with Crippen LogP contribution in [0.3, 0.4) is 0 Å². The molecule has 0 spiro atoms. The SMILES string of the molecule is NC(=O)c1ccccc1OCc1cccc(C(=O)NCCNC(=O)c2ccco2)c1. The van der Waals surface area contributed by atoms with E-state index in [0.29, 0.717) is 16.9 Å². The van der Waals surface area contributed by atoms with E-state index in [1.165, 1.54) is 6.26 Å². The van der Waals surface area contributed by atoms with Crippen molar-refractivity contribution in [3.05, 3.63) is 89.4 Å². The Bertz CT molecular complexity index is 1030. The van der Waals surface area contributed by atoms with Gasteiger partial charge in [-0.2, -0.15) is 0 Å². The van der Waals surface area contributed by atoms with Crippen LogP contribution in [-0.2, 0) is 6.61 Å². The van der Waals surface area contributed by atoms with Gasteiger partial charge in [0.1, 0.15) is 12.4 Å². The molecular weight excluding hydrogens is 386 g/mol. The predicted molar refractivity (Wildman–Crippen MR) is 109 cm³/mol. The van der Waals surface area contributed by atoms with Gasteiger partial charge in [0.25, 0.3) is 17.7 Å². The normalized spacial score (nSPS) is 10.3. The summed E-state index contributed by atoms with van der Waals surface area (Å²) in [5.41, 5.74) is 6.86. The zero-order chi connectivity index (χ0) is 21.3. The maximum absolute atomic E-state index is 12.3. The van der Waals surface area contributed by atoms with Crippen LogP contribution in [0, 0.1) is 0 Å². The smallest absolute Gasteiger partial charge is 0.287 e. The average molecular weight is 407 g/mol. The van der Waals surface area contributed by atoms with Crippen LogP contribution < -0.4 is 21.1 Å². The van der Waals surface area contributed by atoms with Gasteiger partial charge in [-0.05, 0) is 42.0 Å². The Hall–Kier alpha value is -4.07. The molecule has 2 aromatic carbocycles. The Labute approximate surface area is 173 Å². The van der Waals surface area contributed by atoms with Crippen molar-refractivity contribution in [3.63, 3.8) is 0 Å². The highest BCUT2D eigenvalue weighted by Gasteiger charge is 2.11. The number of carbonyl (C=O) groups is 3. The number of ether oxygens (including phenoxy) is 1. The summed E-state index contributed by atoms with van der Waals surface area (Å²) in [6.07, 6.45) is 1.42. The van der Waals surface area contributed by atoms with Crippen molar-refractivity contribution in [2.24, 2.45) is 5.73 Å². The van der Waals surface area contributed by atoms with Gasteiger partial charge in [-0.25, -0.2) is 0 Å². The fraction of sp³-hybridized carbons (Fsp3) is 0.136. The van der Waals surface area contributed by atoms with Crippen LogP contribution in [0.25, 0.3) is 0 Å². The number of para-hydroxylation sites is 1. The number of amides is 3. The van der Waals surface area contributed by atoms with Gasteiger partial charge in [-0.1, -0.05) is 24.3 Å². The molecule has 8 heteroatoms. The fourth-order valence-electron chi connectivity index (χ4n) is 2.71. The standard InChI is InChI=1S/C22H21N3O5/c23-20(26)17-7-1-2-8-18(17)30-14-15-5-3-6-16(13-15)21(27)24-10-11-25-22(28)19-9-4-12-29-19/h1-9,12-13H,10-11,14H2,(H2,23,26)(H,24,27)(H,25,28). The van der Waals surface area contributed by atoms with Crippen LogP contribution in [0.2, 0.25) is 0 Å². The van der Waals surface area contributed by atoms with E-state index in [1.54, 1.807) is 54.6 Å². The van der Waals surface area contributed by atoms with Gasteiger partial charge in [-0.3, -0.25) is 14.4 Å². The molecule has 0 atom stereocenters. The van der Waals surface area contributed by atoms with E-state index in [-0.39, 0.29) is 37.3 Å². The molecule has 4 N–H and O–H groups in total. The number of benzene rings is 2. The molecule has 1 aromatic heterocycles. The first-order valence-corrected chi connectivity index (χ1v) is 9.25. The number of nitrogens with two attached hydrogens (primary N) is 1. The van der Waals surface area contributed by atoms with E-state index in [1.807, 2.05) is 6.07 Å². The average Bonchev–Trinajstić information content (AvgIpc) is 3.30. The van der Waals surface area contributed by atoms with Crippen LogP contribution in [0.15, 0.2) is 71.3 Å². The Balaban J connectivity index is 1.50. The number of hydrogen-bond acceptors (Lipinski definition) is 5. The number of hydrogen-bond donors (Lipinski definition) is 3. The first-order valence-electron chi connectivity index (χ1n) is 9.25. The largest absolute Gasteiger partial charge is 0.488 e. The zero-order valence-corrected chi connectivity index (χ0v) is 16.1. The molecule has 0 aliphatic heterocycles. The molecule has 0 aliphatic rings. The third kappa shape index (κ3) is 5.48. The second-order valence-electron chi connectivity index (χ2n) is 6.34. The Morgan fingerprint density at radius 2 is 1.67 bits per heavy atom. The lowest BCUT2D eigenvalue weighted by Crippen LogP contribution is -2.34. The summed E-state index contributed by atoms with van der Waals surface area (Å²) in [6, 6.07) is 16.8. The molecule has 0 aliphatic carbocycles. The molecule has 0 unspecified atom stereocenters. The molecular formula is C22H21N3O5. The molecule has 0 saturated carbocycles. The first-order chi connectivity index (χ1) is 14.5. The van der Waals surface area contributed by atoms with Crippen molar-refractivity contribution in [1.29, 1.82) is 0 Å². The van der Waals surface area contributed by atoms with E-state index < -0.39 is 5.91 Å². The first kappa shape index (κ1) is 20.7. The van der Waals surface area contributed by atoms with Gasteiger partial charge in [0.2, 0.25) is 0 Å². The van der Waals surface area contributed by atoms with Gasteiger partial charge >= 0.3 is 0 Å². The minimum absolute atomic E-state index is 0.171. The van der Waals surface area contributed by atoms with Gasteiger partial charge in [0.15, 0.2) is 5.76 Å². The van der Waals surface area contributed by atoms with Crippen LogP contribution in [0.4, 0.5) is 0 Å². The van der Waals surface area contributed by atoms with E-state index in [2.05, 4.69) is 10.6 Å². The highest BCUT2D eigenvalue weighted by atomic mass is 16.5. The molecule has 154 valence electrons. The summed E-state index contributed by atoms with van der Waals surface area (Å²) in [6.45, 7) is 0.695. The number of furan rings is 1. The van der Waals surface area contributed by atoms with Crippen molar-refractivity contribution < 1.29 is 23.5 Å². The zero-order valence-electron chi connectivity index (χ0n) is 16.1. The molecule has 3 aromatic rings. The summed E-state index contributed by atoms with van der Waals surface area (Å²) >= 11 is 0. The molecule has 3 amide bonds. The van der Waals surface area contributed by atoms with Crippen LogP contribution >= 0.6 is 0 Å². The van der Waals surface area contributed by atoms with Crippen LogP contribution in [0.5, 0.6) is 5.75 Å². The highest BCUT2D eigenvalue weighted by molar-refractivity contribution is 5.96. The molecule has 30 heavy (non-hydrogen) atoms. The van der Waals surface area contributed by atoms with E-state index in [0.717, 1.165) is 5.56 Å². The van der Waals surface area contributed by atoms with E-state index >= 15 is 0 Å². The molecule has 0 radical (unpaired) electrons. The van der Waals surface area contributed by atoms with Crippen molar-refractivity contribution in [2.45, 2.75) is 6.61 Å². The van der Waals surface area contributed by atoms with E-state index in [4.69, 9.17) is 14.9 Å². The topological polar surface area (TPSA) is 124 Å². The Kier molecular flexibility index (Phi) is 6.83. The highest BCUT2D eigenvalue weighted by Crippen LogP contribution is 2.19. The summed E-state index contributed by atoms with van der Waals surface area (Å²) < 4.78 is 10.7. The number of rotatable bonds is 9. The fourth-order valence-corrected chi connectivity index (χ4v) is 2.71. The minimum atomic E-state index is -0.571. The lowest BCUT2D eigenvalue weighted by molar-refractivity contribution is 0.0910. The monoisotopic (exact) mass is 407 g/mol. The van der Waals surface area contributed by atoms with Gasteiger partial charge in [0.05, 0.1) is 11.8 Å². The summed E-state index contributed by atoms with van der Waals surface area (Å²) in [4.78, 5) is 35.6. The Morgan fingerprint density at radius 1 is 0.900 bits per heavy atom. The number of primary amides is 1. The van der Waals surface area contributed by atoms with E-state index in [9.17, 15) is 14.4 Å². The van der Waals surface area contributed by atoms with Crippen molar-refractivity contribution in [2.75, 3.05) is 13.1 Å². The quantitative estimate of drug-likeness (QED) is 0.469. The molecule has 0 fully saturated rings. The Morgan fingerprint density at radius 3 is 2.40 bits per heavy atom. The number of carbonyl (C=O) groups excluding carboxylic acids is 3. The van der Waals surface area contributed by atoms with Crippen LogP contribution in [-0.4, -0.2) is 30.8 Å². The molecule has 8 nitrogen and oxygen atoms in total. The molecule has 3 rings (SSSR count). The van der Waals surface area contributed by atoms with Gasteiger partial charge in [0, 0.05) is 18.7 Å². The minimum Gasteiger partial charge on any atom is -0.488 e. The second kappa shape index (κ2) is 9.92. The molecule has 1 heterocycles. The van der Waals surface area contributed by atoms with Crippen molar-refractivity contribution in [1.82, 2.24) is 10.6 Å². The number of nitrogens with one attached hydrogen (secondary N) is 2. The maximum Gasteiger partial charge on any atom is 0.287 e. The van der Waals surface area contributed by atoms with Gasteiger partial charge < -0.3 is 25.5 Å². The second-order valence-corrected chi connectivity index (χ2v) is 6.34. The lowest BCUT2D eigenvalue weighted by atomic mass is 10.1. The van der Waals surface area contributed by atoms with Crippen LogP contribution in [0.1, 0.15) is 36.8 Å². The summed E-state index contributed by atoms with van der Waals surface area (Å²) in [5, 5.41) is 5.39. The third-order valence-corrected chi connectivity index (χ3v) is 4.18. The lowest BCUT2D eigenvalue weighted by Gasteiger charge is -2.11. The van der Waals surface area contributed by atoms with Crippen molar-refractivity contribution in [3.8, 4) is 5.75 Å². The molecule has 0 bridgehead atoms. The maximum atomic E-state index is 12.3.